The number of hydrogen-bond acceptors (Lipinski definition) is 3. The number of ether oxygens (including phenoxy) is 1. The second-order valence-corrected chi connectivity index (χ2v) is 8.18. The summed E-state index contributed by atoms with van der Waals surface area (Å²) in [6.45, 7) is 5.39. The monoisotopic (exact) mass is 446 g/mol. The van der Waals surface area contributed by atoms with Crippen LogP contribution in [0.4, 0.5) is 4.79 Å². The third-order valence-corrected chi connectivity index (χ3v) is 4.94. The van der Waals surface area contributed by atoms with E-state index in [-0.39, 0.29) is 17.9 Å². The van der Waals surface area contributed by atoms with Crippen LogP contribution in [0.15, 0.2) is 59.1 Å². The van der Waals surface area contributed by atoms with E-state index in [0.29, 0.717) is 25.9 Å². The molecular weight excluding hydrogens is 420 g/mol. The number of rotatable bonds is 9. The van der Waals surface area contributed by atoms with Crippen molar-refractivity contribution in [2.45, 2.75) is 38.7 Å². The highest BCUT2D eigenvalue weighted by Crippen LogP contribution is 2.24. The van der Waals surface area contributed by atoms with E-state index in [4.69, 9.17) is 4.74 Å². The highest BCUT2D eigenvalue weighted by Gasteiger charge is 2.21. The number of hydrogen-bond donors (Lipinski definition) is 2. The second kappa shape index (κ2) is 10.9. The van der Waals surface area contributed by atoms with Crippen molar-refractivity contribution in [3.63, 3.8) is 0 Å². The largest absolute Gasteiger partial charge is 0.445 e. The van der Waals surface area contributed by atoms with Gasteiger partial charge in [0.05, 0.1) is 0 Å². The fourth-order valence-electron chi connectivity index (χ4n) is 2.62. The van der Waals surface area contributed by atoms with E-state index in [1.807, 2.05) is 42.5 Å². The molecule has 2 amide bonds. The molecule has 2 N–H and O–H groups in total. The van der Waals surface area contributed by atoms with Gasteiger partial charge >= 0.3 is 6.09 Å². The van der Waals surface area contributed by atoms with Gasteiger partial charge in [-0.3, -0.25) is 4.79 Å². The predicted molar refractivity (Wildman–Crippen MR) is 114 cm³/mol. The summed E-state index contributed by atoms with van der Waals surface area (Å²) < 4.78 is 6.16. The van der Waals surface area contributed by atoms with Crippen LogP contribution in [-0.4, -0.2) is 25.1 Å². The van der Waals surface area contributed by atoms with Crippen LogP contribution in [-0.2, 0) is 21.6 Å². The Labute approximate surface area is 175 Å². The van der Waals surface area contributed by atoms with Crippen molar-refractivity contribution >= 4 is 27.9 Å². The highest BCUT2D eigenvalue weighted by molar-refractivity contribution is 9.10. The van der Waals surface area contributed by atoms with Crippen molar-refractivity contribution in [3.8, 4) is 0 Å². The molecule has 0 heterocycles. The third kappa shape index (κ3) is 7.72. The molecular formula is C22H27BrN2O3. The van der Waals surface area contributed by atoms with Gasteiger partial charge in [0.15, 0.2) is 0 Å². The number of halogens is 1. The quantitative estimate of drug-likeness (QED) is 0.555. The molecule has 0 fully saturated rings. The fourth-order valence-corrected chi connectivity index (χ4v) is 2.89. The van der Waals surface area contributed by atoms with Gasteiger partial charge in [0.1, 0.15) is 6.61 Å². The Morgan fingerprint density at radius 2 is 1.68 bits per heavy atom. The summed E-state index contributed by atoms with van der Waals surface area (Å²) in [5.41, 5.74) is 1.94. The van der Waals surface area contributed by atoms with Crippen molar-refractivity contribution in [1.82, 2.24) is 10.6 Å². The first-order valence-corrected chi connectivity index (χ1v) is 10.1. The molecule has 0 bridgehead atoms. The predicted octanol–water partition coefficient (Wildman–Crippen LogP) is 4.55. The van der Waals surface area contributed by atoms with Gasteiger partial charge in [0, 0.05) is 29.4 Å². The van der Waals surface area contributed by atoms with Crippen molar-refractivity contribution in [2.24, 2.45) is 0 Å². The summed E-state index contributed by atoms with van der Waals surface area (Å²) in [5.74, 6) is -0.0235. The molecule has 0 aliphatic rings. The first kappa shape index (κ1) is 22.0. The van der Waals surface area contributed by atoms with Gasteiger partial charge < -0.3 is 15.4 Å². The van der Waals surface area contributed by atoms with Crippen LogP contribution in [0, 0.1) is 0 Å². The summed E-state index contributed by atoms with van der Waals surface area (Å²) >= 11 is 3.43. The SMILES string of the molecule is CC(C)(CNC(=O)CCCNC(=O)OCc1ccccc1)c1ccc(Br)cc1. The lowest BCUT2D eigenvalue weighted by atomic mass is 9.84. The molecule has 5 nitrogen and oxygen atoms in total. The topological polar surface area (TPSA) is 67.4 Å². The van der Waals surface area contributed by atoms with E-state index in [9.17, 15) is 9.59 Å². The summed E-state index contributed by atoms with van der Waals surface area (Å²) in [5, 5.41) is 5.64. The Hall–Kier alpha value is -2.34. The van der Waals surface area contributed by atoms with Gasteiger partial charge in [0.25, 0.3) is 0 Å². The van der Waals surface area contributed by atoms with E-state index >= 15 is 0 Å². The molecule has 28 heavy (non-hydrogen) atoms. The van der Waals surface area contributed by atoms with Crippen LogP contribution in [0.2, 0.25) is 0 Å². The standard InChI is InChI=1S/C22H27BrN2O3/c1-22(2,18-10-12-19(23)13-11-18)16-25-20(26)9-6-14-24-21(27)28-15-17-7-4-3-5-8-17/h3-5,7-8,10-13H,6,9,14-16H2,1-2H3,(H,24,27)(H,25,26). The minimum absolute atomic E-state index is 0.0235. The lowest BCUT2D eigenvalue weighted by molar-refractivity contribution is -0.121. The number of nitrogens with one attached hydrogen (secondary N) is 2. The van der Waals surface area contributed by atoms with Crippen molar-refractivity contribution in [3.05, 3.63) is 70.2 Å². The van der Waals surface area contributed by atoms with Gasteiger partial charge in [-0.25, -0.2) is 4.79 Å². The van der Waals surface area contributed by atoms with E-state index in [1.54, 1.807) is 0 Å². The summed E-state index contributed by atoms with van der Waals surface area (Å²) in [4.78, 5) is 23.7. The van der Waals surface area contributed by atoms with Gasteiger partial charge in [-0.1, -0.05) is 72.2 Å². The average Bonchev–Trinajstić information content (AvgIpc) is 2.69. The summed E-state index contributed by atoms with van der Waals surface area (Å²) in [6, 6.07) is 17.6. The van der Waals surface area contributed by atoms with Crippen molar-refractivity contribution < 1.29 is 14.3 Å². The first-order chi connectivity index (χ1) is 13.4. The van der Waals surface area contributed by atoms with Gasteiger partial charge in [-0.05, 0) is 29.7 Å². The maximum Gasteiger partial charge on any atom is 0.407 e. The lowest BCUT2D eigenvalue weighted by Crippen LogP contribution is -2.37. The van der Waals surface area contributed by atoms with Crippen LogP contribution in [0.5, 0.6) is 0 Å². The Bertz CT molecular complexity index is 761. The smallest absolute Gasteiger partial charge is 0.407 e. The molecule has 2 aromatic carbocycles. The molecule has 2 aromatic rings. The minimum atomic E-state index is -0.472. The fraction of sp³-hybridized carbons (Fsp3) is 0.364. The number of benzene rings is 2. The summed E-state index contributed by atoms with van der Waals surface area (Å²) in [7, 11) is 0. The van der Waals surface area contributed by atoms with Crippen molar-refractivity contribution in [1.29, 1.82) is 0 Å². The molecule has 6 heteroatoms. The van der Waals surface area contributed by atoms with Crippen LogP contribution in [0.3, 0.4) is 0 Å². The molecule has 0 saturated heterocycles. The molecule has 0 aliphatic heterocycles. The van der Waals surface area contributed by atoms with E-state index in [0.717, 1.165) is 10.0 Å². The molecule has 0 aromatic heterocycles. The molecule has 0 radical (unpaired) electrons. The first-order valence-electron chi connectivity index (χ1n) is 9.34. The molecule has 0 spiro atoms. The zero-order valence-electron chi connectivity index (χ0n) is 16.3. The molecule has 0 aliphatic carbocycles. The van der Waals surface area contributed by atoms with Gasteiger partial charge in [-0.2, -0.15) is 0 Å². The van der Waals surface area contributed by atoms with Crippen LogP contribution >= 0.6 is 15.9 Å². The molecule has 2 rings (SSSR count). The van der Waals surface area contributed by atoms with Gasteiger partial charge in [0.2, 0.25) is 5.91 Å². The van der Waals surface area contributed by atoms with Crippen molar-refractivity contribution in [2.75, 3.05) is 13.1 Å². The Morgan fingerprint density at radius 3 is 2.36 bits per heavy atom. The Balaban J connectivity index is 1.60. The second-order valence-electron chi connectivity index (χ2n) is 7.26. The van der Waals surface area contributed by atoms with Crippen LogP contribution in [0.25, 0.3) is 0 Å². The molecule has 0 atom stereocenters. The maximum absolute atomic E-state index is 12.1. The van der Waals surface area contributed by atoms with Gasteiger partial charge in [-0.15, -0.1) is 0 Å². The van der Waals surface area contributed by atoms with E-state index < -0.39 is 6.09 Å². The number of alkyl carbamates (subject to hydrolysis) is 1. The Kier molecular flexibility index (Phi) is 8.51. The Morgan fingerprint density at radius 1 is 1.00 bits per heavy atom. The average molecular weight is 447 g/mol. The highest BCUT2D eigenvalue weighted by atomic mass is 79.9. The zero-order valence-corrected chi connectivity index (χ0v) is 17.9. The lowest BCUT2D eigenvalue weighted by Gasteiger charge is -2.25. The minimum Gasteiger partial charge on any atom is -0.445 e. The normalized spacial score (nSPS) is 11.0. The number of carbonyl (C=O) groups is 2. The van der Waals surface area contributed by atoms with E-state index in [2.05, 4.69) is 52.5 Å². The maximum atomic E-state index is 12.1. The molecule has 0 unspecified atom stereocenters. The van der Waals surface area contributed by atoms with Crippen LogP contribution in [0.1, 0.15) is 37.8 Å². The van der Waals surface area contributed by atoms with E-state index in [1.165, 1.54) is 5.56 Å². The number of carbonyl (C=O) groups excluding carboxylic acids is 2. The van der Waals surface area contributed by atoms with Crippen LogP contribution < -0.4 is 10.6 Å². The molecule has 150 valence electrons. The number of amides is 2. The summed E-state index contributed by atoms with van der Waals surface area (Å²) in [6.07, 6.45) is 0.445. The zero-order chi connectivity index (χ0) is 20.4. The third-order valence-electron chi connectivity index (χ3n) is 4.42. The molecule has 0 saturated carbocycles.